The largest absolute Gasteiger partial charge is 0.462 e. The molecule has 0 N–H and O–H groups in total. The molecule has 0 unspecified atom stereocenters. The van der Waals surface area contributed by atoms with Gasteiger partial charge in [0.25, 0.3) is 0 Å². The lowest BCUT2D eigenvalue weighted by Crippen LogP contribution is -2.30. The van der Waals surface area contributed by atoms with E-state index in [1.165, 1.54) is 116 Å². The molecule has 0 radical (unpaired) electrons. The lowest BCUT2D eigenvalue weighted by atomic mass is 10.1. The molecule has 0 aliphatic carbocycles. The van der Waals surface area contributed by atoms with Crippen molar-refractivity contribution < 1.29 is 28.6 Å². The van der Waals surface area contributed by atoms with Crippen molar-refractivity contribution in [2.24, 2.45) is 0 Å². The van der Waals surface area contributed by atoms with Crippen LogP contribution in [0, 0.1) is 0 Å². The molecule has 0 rings (SSSR count). The van der Waals surface area contributed by atoms with Crippen molar-refractivity contribution in [1.29, 1.82) is 0 Å². The molecule has 0 bridgehead atoms. The van der Waals surface area contributed by atoms with Gasteiger partial charge in [0.2, 0.25) is 0 Å². The highest BCUT2D eigenvalue weighted by atomic mass is 16.6. The molecule has 0 aromatic carbocycles. The van der Waals surface area contributed by atoms with Crippen LogP contribution in [0.25, 0.3) is 0 Å². The van der Waals surface area contributed by atoms with Gasteiger partial charge in [-0.1, -0.05) is 185 Å². The SMILES string of the molecule is CCCCC/C=C\C/C=C\C/C=C\CCCCC(=O)OC[C@@H](COC(=O)CCCCCCCCCCCC)OC(=O)CCCCCCC/C=C\CCCCCCC. The zero-order valence-electron chi connectivity index (χ0n) is 37.6. The first-order valence-electron chi connectivity index (χ1n) is 24.1. The summed E-state index contributed by atoms with van der Waals surface area (Å²) in [6, 6.07) is 0. The van der Waals surface area contributed by atoms with Gasteiger partial charge < -0.3 is 14.2 Å². The van der Waals surface area contributed by atoms with Gasteiger partial charge in [0, 0.05) is 19.3 Å². The van der Waals surface area contributed by atoms with Crippen LogP contribution in [-0.4, -0.2) is 37.2 Å². The molecule has 6 heteroatoms. The number of hydrogen-bond acceptors (Lipinski definition) is 6. The van der Waals surface area contributed by atoms with E-state index in [4.69, 9.17) is 14.2 Å². The molecule has 0 aliphatic heterocycles. The van der Waals surface area contributed by atoms with E-state index in [0.717, 1.165) is 83.5 Å². The van der Waals surface area contributed by atoms with Gasteiger partial charge in [-0.3, -0.25) is 14.4 Å². The minimum absolute atomic E-state index is 0.0869. The molecule has 0 saturated heterocycles. The van der Waals surface area contributed by atoms with Crippen LogP contribution in [0.3, 0.4) is 0 Å². The number of rotatable bonds is 43. The highest BCUT2D eigenvalue weighted by molar-refractivity contribution is 5.71. The van der Waals surface area contributed by atoms with Crippen molar-refractivity contribution in [2.45, 2.75) is 245 Å². The van der Waals surface area contributed by atoms with Crippen LogP contribution in [0.1, 0.15) is 239 Å². The molecular weight excluding hydrogens is 709 g/mol. The van der Waals surface area contributed by atoms with E-state index in [0.29, 0.717) is 19.3 Å². The molecule has 57 heavy (non-hydrogen) atoms. The van der Waals surface area contributed by atoms with E-state index in [-0.39, 0.29) is 31.1 Å². The summed E-state index contributed by atoms with van der Waals surface area (Å²) in [5.41, 5.74) is 0. The molecule has 0 amide bonds. The predicted molar refractivity (Wildman–Crippen MR) is 242 cm³/mol. The van der Waals surface area contributed by atoms with Gasteiger partial charge in [-0.05, 0) is 83.5 Å². The fourth-order valence-electron chi connectivity index (χ4n) is 6.62. The van der Waals surface area contributed by atoms with E-state index in [1.54, 1.807) is 0 Å². The molecule has 1 atom stereocenters. The van der Waals surface area contributed by atoms with E-state index in [2.05, 4.69) is 69.4 Å². The normalized spacial score (nSPS) is 12.4. The summed E-state index contributed by atoms with van der Waals surface area (Å²) < 4.78 is 16.7. The Morgan fingerprint density at radius 1 is 0.351 bits per heavy atom. The van der Waals surface area contributed by atoms with Crippen LogP contribution in [0.15, 0.2) is 48.6 Å². The molecule has 0 fully saturated rings. The van der Waals surface area contributed by atoms with Crippen LogP contribution >= 0.6 is 0 Å². The molecule has 6 nitrogen and oxygen atoms in total. The zero-order valence-corrected chi connectivity index (χ0v) is 37.6. The summed E-state index contributed by atoms with van der Waals surface area (Å²) in [4.78, 5) is 37.8. The van der Waals surface area contributed by atoms with Crippen LogP contribution in [0.5, 0.6) is 0 Å². The summed E-state index contributed by atoms with van der Waals surface area (Å²) in [7, 11) is 0. The smallest absolute Gasteiger partial charge is 0.306 e. The van der Waals surface area contributed by atoms with Crippen molar-refractivity contribution in [2.75, 3.05) is 13.2 Å². The predicted octanol–water partition coefficient (Wildman–Crippen LogP) is 15.5. The first kappa shape index (κ1) is 54.4. The minimum atomic E-state index is -0.788. The molecule has 0 aliphatic rings. The quantitative estimate of drug-likeness (QED) is 0.0265. The molecule has 0 spiro atoms. The second-order valence-corrected chi connectivity index (χ2v) is 16.0. The maximum atomic E-state index is 12.7. The third-order valence-corrected chi connectivity index (χ3v) is 10.3. The topological polar surface area (TPSA) is 78.9 Å². The van der Waals surface area contributed by atoms with Gasteiger partial charge in [-0.2, -0.15) is 0 Å². The van der Waals surface area contributed by atoms with Crippen molar-refractivity contribution in [3.63, 3.8) is 0 Å². The summed E-state index contributed by atoms with van der Waals surface area (Å²) in [5.74, 6) is -0.935. The monoisotopic (exact) mass is 799 g/mol. The Labute approximate surface area is 352 Å². The summed E-state index contributed by atoms with van der Waals surface area (Å²) in [6.07, 6.45) is 53.8. The summed E-state index contributed by atoms with van der Waals surface area (Å²) >= 11 is 0. The fourth-order valence-corrected chi connectivity index (χ4v) is 6.62. The van der Waals surface area contributed by atoms with Gasteiger partial charge in [-0.15, -0.1) is 0 Å². The van der Waals surface area contributed by atoms with E-state index in [1.807, 2.05) is 0 Å². The first-order chi connectivity index (χ1) is 28.0. The van der Waals surface area contributed by atoms with Crippen LogP contribution in [-0.2, 0) is 28.6 Å². The molecule has 0 aromatic heterocycles. The Kier molecular flexibility index (Phi) is 43.9. The van der Waals surface area contributed by atoms with Crippen molar-refractivity contribution >= 4 is 17.9 Å². The second kappa shape index (κ2) is 46.1. The fraction of sp³-hybridized carbons (Fsp3) is 0.784. The Balaban J connectivity index is 4.43. The third kappa shape index (κ3) is 44.3. The van der Waals surface area contributed by atoms with Gasteiger partial charge in [0.1, 0.15) is 13.2 Å². The number of carbonyl (C=O) groups is 3. The van der Waals surface area contributed by atoms with E-state index in [9.17, 15) is 14.4 Å². The van der Waals surface area contributed by atoms with Crippen LogP contribution < -0.4 is 0 Å². The van der Waals surface area contributed by atoms with Crippen molar-refractivity contribution in [3.05, 3.63) is 48.6 Å². The highest BCUT2D eigenvalue weighted by Crippen LogP contribution is 2.14. The Bertz CT molecular complexity index is 1010. The highest BCUT2D eigenvalue weighted by Gasteiger charge is 2.19. The third-order valence-electron chi connectivity index (χ3n) is 10.3. The van der Waals surface area contributed by atoms with Gasteiger partial charge in [0.15, 0.2) is 6.10 Å². The van der Waals surface area contributed by atoms with Crippen LogP contribution in [0.2, 0.25) is 0 Å². The molecule has 0 aromatic rings. The Hall–Kier alpha value is -2.63. The van der Waals surface area contributed by atoms with Crippen LogP contribution in [0.4, 0.5) is 0 Å². The van der Waals surface area contributed by atoms with Gasteiger partial charge >= 0.3 is 17.9 Å². The molecular formula is C51H90O6. The average Bonchev–Trinajstić information content (AvgIpc) is 3.21. The minimum Gasteiger partial charge on any atom is -0.462 e. The zero-order chi connectivity index (χ0) is 41.5. The molecule has 0 heterocycles. The lowest BCUT2D eigenvalue weighted by Gasteiger charge is -2.18. The molecule has 330 valence electrons. The number of hydrogen-bond donors (Lipinski definition) is 0. The standard InChI is InChI=1S/C51H90O6/c1-4-7-10-13-16-19-22-24-26-28-29-32-35-38-41-44-50(53)56-47-48(46-55-49(52)43-40-37-34-31-21-18-15-12-9-6-3)57-51(54)45-42-39-36-33-30-27-25-23-20-17-14-11-8-5-2/h16,19,23-26,29,32,48H,4-15,17-18,20-22,27-28,30-31,33-47H2,1-3H3/b19-16-,25-23-,26-24-,32-29-/t48-/m1/s1. The lowest BCUT2D eigenvalue weighted by molar-refractivity contribution is -0.167. The van der Waals surface area contributed by atoms with Crippen molar-refractivity contribution in [1.82, 2.24) is 0 Å². The number of allylic oxidation sites excluding steroid dienone is 8. The van der Waals surface area contributed by atoms with Crippen molar-refractivity contribution in [3.8, 4) is 0 Å². The summed E-state index contributed by atoms with van der Waals surface area (Å²) in [5, 5.41) is 0. The average molecular weight is 799 g/mol. The number of ether oxygens (including phenoxy) is 3. The summed E-state index contributed by atoms with van der Waals surface area (Å²) in [6.45, 7) is 6.54. The number of unbranched alkanes of at least 4 members (excludes halogenated alkanes) is 24. The second-order valence-electron chi connectivity index (χ2n) is 16.0. The maximum absolute atomic E-state index is 12.7. The first-order valence-corrected chi connectivity index (χ1v) is 24.1. The van der Waals surface area contributed by atoms with Gasteiger partial charge in [0.05, 0.1) is 0 Å². The maximum Gasteiger partial charge on any atom is 0.306 e. The Morgan fingerprint density at radius 3 is 1.07 bits per heavy atom. The number of carbonyl (C=O) groups excluding carboxylic acids is 3. The van der Waals surface area contributed by atoms with E-state index < -0.39 is 6.10 Å². The molecule has 0 saturated carbocycles. The Morgan fingerprint density at radius 2 is 0.632 bits per heavy atom. The number of esters is 3. The van der Waals surface area contributed by atoms with E-state index >= 15 is 0 Å². The van der Waals surface area contributed by atoms with Gasteiger partial charge in [-0.25, -0.2) is 0 Å².